The average Bonchev–Trinajstić information content (AvgIpc) is 3.26. The normalized spacial score (nSPS) is 19.7. The van der Waals surface area contributed by atoms with E-state index < -0.39 is 0 Å². The molecule has 10 heteroatoms. The maximum atomic E-state index is 12.8. The van der Waals surface area contributed by atoms with E-state index in [4.69, 9.17) is 20.9 Å². The summed E-state index contributed by atoms with van der Waals surface area (Å²) in [6, 6.07) is 1.83. The van der Waals surface area contributed by atoms with Gasteiger partial charge in [-0.15, -0.1) is 11.3 Å². The topological polar surface area (TPSA) is 110 Å². The van der Waals surface area contributed by atoms with Crippen LogP contribution in [-0.2, 0) is 10.8 Å². The first kappa shape index (κ1) is 19.5. The number of hydrogen-bond acceptors (Lipinski definition) is 9. The molecule has 1 fully saturated rings. The Hall–Kier alpha value is -1.23. The number of hydrogen-bond donors (Lipinski definition) is 3. The van der Waals surface area contributed by atoms with Crippen LogP contribution in [-0.4, -0.2) is 33.5 Å². The quantitative estimate of drug-likeness (QED) is 0.343. The van der Waals surface area contributed by atoms with Gasteiger partial charge in [0.1, 0.15) is 12.1 Å². The van der Waals surface area contributed by atoms with Crippen molar-refractivity contribution in [2.24, 2.45) is 11.1 Å². The molecule has 0 radical (unpaired) electrons. The summed E-state index contributed by atoms with van der Waals surface area (Å²) in [5.74, 6) is 0.740. The second-order valence-corrected chi connectivity index (χ2v) is 8.17. The van der Waals surface area contributed by atoms with Crippen molar-refractivity contribution in [1.82, 2.24) is 9.97 Å². The fraction of sp³-hybridized carbons (Fsp3) is 0.438. The second kappa shape index (κ2) is 9.12. The van der Waals surface area contributed by atoms with Gasteiger partial charge in [0.25, 0.3) is 0 Å². The zero-order valence-corrected chi connectivity index (χ0v) is 16.2. The van der Waals surface area contributed by atoms with E-state index in [2.05, 4.69) is 15.3 Å². The summed E-state index contributed by atoms with van der Waals surface area (Å²) < 4.78 is 5.63. The molecule has 3 rings (SSSR count). The van der Waals surface area contributed by atoms with Gasteiger partial charge >= 0.3 is 0 Å². The highest BCUT2D eigenvalue weighted by Crippen LogP contribution is 2.32. The largest absolute Gasteiger partial charge is 0.392 e. The first-order chi connectivity index (χ1) is 12.6. The summed E-state index contributed by atoms with van der Waals surface area (Å²) in [5.41, 5.74) is 0.940. The van der Waals surface area contributed by atoms with Crippen molar-refractivity contribution >= 4 is 46.8 Å². The monoisotopic (exact) mass is 414 g/mol. The van der Waals surface area contributed by atoms with E-state index in [-0.39, 0.29) is 18.4 Å². The number of anilines is 1. The third-order valence-electron chi connectivity index (χ3n) is 4.36. The Bertz CT molecular complexity index is 774. The third kappa shape index (κ3) is 4.54. The summed E-state index contributed by atoms with van der Waals surface area (Å²) in [6.45, 7) is 0.415. The van der Waals surface area contributed by atoms with Crippen LogP contribution < -0.4 is 10.5 Å². The van der Waals surface area contributed by atoms with Crippen molar-refractivity contribution in [2.45, 2.75) is 31.9 Å². The SMILES string of the molecule is NSOCC1CCC(Nc2ncncc2C(=O)c2cc(CO)c(Cl)s2)C1. The summed E-state index contributed by atoms with van der Waals surface area (Å²) in [7, 11) is 0. The molecule has 1 aliphatic carbocycles. The van der Waals surface area contributed by atoms with Gasteiger partial charge in [0.15, 0.2) is 0 Å². The Morgan fingerprint density at radius 1 is 1.54 bits per heavy atom. The molecule has 0 bridgehead atoms. The molecule has 2 atom stereocenters. The highest BCUT2D eigenvalue weighted by atomic mass is 35.5. The average molecular weight is 415 g/mol. The van der Waals surface area contributed by atoms with Gasteiger partial charge in [-0.25, -0.2) is 9.97 Å². The van der Waals surface area contributed by atoms with Crippen molar-refractivity contribution in [2.75, 3.05) is 11.9 Å². The van der Waals surface area contributed by atoms with Crippen LogP contribution in [0.4, 0.5) is 5.82 Å². The number of rotatable bonds is 8. The molecular weight excluding hydrogens is 396 g/mol. The number of ketones is 1. The molecule has 0 aromatic carbocycles. The molecule has 7 nitrogen and oxygen atoms in total. The van der Waals surface area contributed by atoms with Crippen LogP contribution in [0.1, 0.15) is 40.1 Å². The lowest BCUT2D eigenvalue weighted by Gasteiger charge is -2.15. The lowest BCUT2D eigenvalue weighted by atomic mass is 10.1. The molecule has 2 unspecified atom stereocenters. The van der Waals surface area contributed by atoms with Crippen molar-refractivity contribution in [3.8, 4) is 0 Å². The van der Waals surface area contributed by atoms with E-state index in [1.165, 1.54) is 12.5 Å². The third-order valence-corrected chi connectivity index (χ3v) is 6.07. The molecule has 4 N–H and O–H groups in total. The molecule has 26 heavy (non-hydrogen) atoms. The molecule has 0 amide bonds. The molecule has 2 aromatic heterocycles. The number of halogens is 1. The number of nitrogens with one attached hydrogen (secondary N) is 1. The fourth-order valence-electron chi connectivity index (χ4n) is 3.06. The highest BCUT2D eigenvalue weighted by molar-refractivity contribution is 7.92. The van der Waals surface area contributed by atoms with Crippen molar-refractivity contribution in [1.29, 1.82) is 0 Å². The molecule has 140 valence electrons. The van der Waals surface area contributed by atoms with E-state index >= 15 is 0 Å². The number of aliphatic hydroxyl groups excluding tert-OH is 1. The molecular formula is C16H19ClN4O3S2. The fourth-order valence-corrected chi connectivity index (χ4v) is 4.54. The van der Waals surface area contributed by atoms with Crippen LogP contribution in [0.2, 0.25) is 4.34 Å². The summed E-state index contributed by atoms with van der Waals surface area (Å²) in [4.78, 5) is 21.5. The maximum Gasteiger partial charge on any atom is 0.208 e. The highest BCUT2D eigenvalue weighted by Gasteiger charge is 2.27. The summed E-state index contributed by atoms with van der Waals surface area (Å²) in [5, 5.41) is 17.9. The van der Waals surface area contributed by atoms with Crippen LogP contribution >= 0.6 is 35.2 Å². The van der Waals surface area contributed by atoms with E-state index in [1.54, 1.807) is 6.07 Å². The minimum atomic E-state index is -0.211. The smallest absolute Gasteiger partial charge is 0.208 e. The molecule has 1 saturated carbocycles. The van der Waals surface area contributed by atoms with Crippen LogP contribution in [0.25, 0.3) is 0 Å². The predicted octanol–water partition coefficient (Wildman–Crippen LogP) is 3.03. The molecule has 2 aromatic rings. The lowest BCUT2D eigenvalue weighted by Crippen LogP contribution is -2.20. The Morgan fingerprint density at radius 3 is 3.12 bits per heavy atom. The van der Waals surface area contributed by atoms with Gasteiger partial charge in [-0.05, 0) is 31.2 Å². The summed E-state index contributed by atoms with van der Waals surface area (Å²) >= 11 is 8.08. The number of aliphatic hydroxyl groups is 1. The first-order valence-electron chi connectivity index (χ1n) is 8.11. The standard InChI is InChI=1S/C16H19ClN4O3S2/c17-15-10(6-22)4-13(25-15)14(23)12-5-19-8-20-16(12)21-11-2-1-9(3-11)7-24-26-18/h4-5,8-9,11,22H,1-3,6-7,18H2,(H,19,20,21). The van der Waals surface area contributed by atoms with E-state index in [9.17, 15) is 9.90 Å². The molecule has 0 saturated heterocycles. The number of aromatic nitrogens is 2. The minimum absolute atomic E-state index is 0.203. The van der Waals surface area contributed by atoms with Crippen molar-refractivity contribution in [3.63, 3.8) is 0 Å². The first-order valence-corrected chi connectivity index (χ1v) is 10.1. The molecule has 0 spiro atoms. The zero-order valence-electron chi connectivity index (χ0n) is 13.9. The predicted molar refractivity (Wildman–Crippen MR) is 103 cm³/mol. The van der Waals surface area contributed by atoms with Crippen molar-refractivity contribution < 1.29 is 14.1 Å². The van der Waals surface area contributed by atoms with Crippen LogP contribution in [0.5, 0.6) is 0 Å². The number of nitrogens with two attached hydrogens (primary N) is 1. The Morgan fingerprint density at radius 2 is 2.38 bits per heavy atom. The zero-order chi connectivity index (χ0) is 18.5. The number of carbonyl (C=O) groups is 1. The lowest BCUT2D eigenvalue weighted by molar-refractivity contribution is 0.104. The van der Waals surface area contributed by atoms with Gasteiger partial charge in [-0.1, -0.05) is 11.6 Å². The van der Waals surface area contributed by atoms with Gasteiger partial charge < -0.3 is 14.6 Å². The van der Waals surface area contributed by atoms with E-state index in [0.29, 0.717) is 38.7 Å². The Balaban J connectivity index is 1.73. The summed E-state index contributed by atoms with van der Waals surface area (Å²) in [6.07, 6.45) is 5.86. The van der Waals surface area contributed by atoms with E-state index in [1.807, 2.05) is 0 Å². The molecule has 0 aliphatic heterocycles. The Labute approximate surface area is 164 Å². The van der Waals surface area contributed by atoms with Gasteiger partial charge in [0, 0.05) is 17.8 Å². The maximum absolute atomic E-state index is 12.8. The van der Waals surface area contributed by atoms with Gasteiger partial charge in [-0.2, -0.15) is 0 Å². The number of nitrogens with zero attached hydrogens (tertiary/aromatic N) is 2. The van der Waals surface area contributed by atoms with Gasteiger partial charge in [-0.3, -0.25) is 9.93 Å². The van der Waals surface area contributed by atoms with Crippen LogP contribution in [0.15, 0.2) is 18.6 Å². The second-order valence-electron chi connectivity index (χ2n) is 6.08. The Kier molecular flexibility index (Phi) is 6.85. The molecule has 1 aliphatic rings. The van der Waals surface area contributed by atoms with Gasteiger partial charge in [0.05, 0.1) is 40.2 Å². The number of thiophene rings is 1. The molecule has 2 heterocycles. The van der Waals surface area contributed by atoms with Crippen molar-refractivity contribution in [3.05, 3.63) is 38.9 Å². The van der Waals surface area contributed by atoms with Crippen LogP contribution in [0.3, 0.4) is 0 Å². The van der Waals surface area contributed by atoms with Gasteiger partial charge in [0.2, 0.25) is 5.78 Å². The number of carbonyl (C=O) groups excluding carboxylic acids is 1. The van der Waals surface area contributed by atoms with Crippen LogP contribution in [0, 0.1) is 5.92 Å². The minimum Gasteiger partial charge on any atom is -0.392 e. The van der Waals surface area contributed by atoms with E-state index in [0.717, 1.165) is 42.8 Å².